The van der Waals surface area contributed by atoms with Crippen LogP contribution in [0.4, 0.5) is 5.69 Å². The molecule has 1 aliphatic heterocycles. The molecular weight excluding hydrogens is 162 g/mol. The molecule has 0 radical (unpaired) electrons. The monoisotopic (exact) mass is 173 g/mol. The number of fused-ring (bicyclic) bond motifs is 1. The fraction of sp³-hybridized carbons (Fsp3) is 0.100. The first-order valence-electron chi connectivity index (χ1n) is 4.18. The van der Waals surface area contributed by atoms with Crippen molar-refractivity contribution in [1.29, 1.82) is 0 Å². The second kappa shape index (κ2) is 3.41. The van der Waals surface area contributed by atoms with Crippen molar-refractivity contribution < 1.29 is 0 Å². The molecule has 1 aromatic rings. The lowest BCUT2D eigenvalue weighted by atomic mass is 10.2. The molecule has 0 amide bonds. The van der Waals surface area contributed by atoms with Crippen LogP contribution < -0.4 is 11.1 Å². The summed E-state index contributed by atoms with van der Waals surface area (Å²) < 4.78 is 0. The number of rotatable bonds is 1. The molecule has 3 N–H and O–H groups in total. The van der Waals surface area contributed by atoms with E-state index in [2.05, 4.69) is 10.3 Å². The Morgan fingerprint density at radius 2 is 2.15 bits per heavy atom. The zero-order valence-electron chi connectivity index (χ0n) is 7.20. The molecule has 66 valence electrons. The average Bonchev–Trinajstić information content (AvgIpc) is 2.38. The SMILES string of the molecule is NCC1=CN=Cc2ccccc2N1. The molecule has 0 bridgehead atoms. The lowest BCUT2D eigenvalue weighted by Gasteiger charge is -2.07. The van der Waals surface area contributed by atoms with Crippen LogP contribution in [0.1, 0.15) is 5.56 Å². The van der Waals surface area contributed by atoms with E-state index in [0.29, 0.717) is 6.54 Å². The summed E-state index contributed by atoms with van der Waals surface area (Å²) in [5.74, 6) is 0. The van der Waals surface area contributed by atoms with Crippen molar-refractivity contribution in [3.63, 3.8) is 0 Å². The van der Waals surface area contributed by atoms with Gasteiger partial charge in [0.05, 0.1) is 0 Å². The van der Waals surface area contributed by atoms with Gasteiger partial charge in [-0.2, -0.15) is 0 Å². The molecule has 0 spiro atoms. The predicted molar refractivity (Wildman–Crippen MR) is 54.8 cm³/mol. The van der Waals surface area contributed by atoms with Crippen molar-refractivity contribution in [2.45, 2.75) is 0 Å². The molecule has 3 nitrogen and oxygen atoms in total. The Morgan fingerprint density at radius 3 is 3.00 bits per heavy atom. The van der Waals surface area contributed by atoms with E-state index < -0.39 is 0 Å². The van der Waals surface area contributed by atoms with Crippen LogP contribution in [0.5, 0.6) is 0 Å². The third kappa shape index (κ3) is 1.60. The van der Waals surface area contributed by atoms with Crippen LogP contribution in [-0.2, 0) is 0 Å². The summed E-state index contributed by atoms with van der Waals surface area (Å²) in [7, 11) is 0. The molecular formula is C10H11N3. The molecule has 1 aromatic carbocycles. The third-order valence-electron chi connectivity index (χ3n) is 1.92. The number of benzene rings is 1. The second-order valence-electron chi connectivity index (χ2n) is 2.85. The van der Waals surface area contributed by atoms with Gasteiger partial charge in [0.2, 0.25) is 0 Å². The molecule has 0 unspecified atom stereocenters. The van der Waals surface area contributed by atoms with E-state index in [1.807, 2.05) is 30.5 Å². The van der Waals surface area contributed by atoms with Gasteiger partial charge in [0.1, 0.15) is 0 Å². The molecule has 13 heavy (non-hydrogen) atoms. The first-order valence-corrected chi connectivity index (χ1v) is 4.18. The minimum atomic E-state index is 0.478. The third-order valence-corrected chi connectivity index (χ3v) is 1.92. The highest BCUT2D eigenvalue weighted by Crippen LogP contribution is 2.16. The number of hydrogen-bond donors (Lipinski definition) is 2. The van der Waals surface area contributed by atoms with E-state index in [1.54, 1.807) is 6.20 Å². The van der Waals surface area contributed by atoms with Gasteiger partial charge in [-0.1, -0.05) is 18.2 Å². The van der Waals surface area contributed by atoms with E-state index in [1.165, 1.54) is 0 Å². The standard InChI is InChI=1S/C10H11N3/c11-5-9-7-12-6-8-3-1-2-4-10(8)13-9/h1-4,6-7,13H,5,11H2. The summed E-state index contributed by atoms with van der Waals surface area (Å²) in [6.45, 7) is 0.478. The Balaban J connectivity index is 2.40. The molecule has 1 heterocycles. The van der Waals surface area contributed by atoms with Gasteiger partial charge in [-0.3, -0.25) is 4.99 Å². The highest BCUT2D eigenvalue weighted by atomic mass is 14.9. The van der Waals surface area contributed by atoms with Crippen LogP contribution in [0.15, 0.2) is 41.2 Å². The number of nitrogens with zero attached hydrogens (tertiary/aromatic N) is 1. The Morgan fingerprint density at radius 1 is 1.31 bits per heavy atom. The molecule has 0 saturated carbocycles. The Kier molecular flexibility index (Phi) is 2.10. The Bertz CT molecular complexity index is 366. The number of nitrogens with one attached hydrogen (secondary N) is 1. The van der Waals surface area contributed by atoms with E-state index in [4.69, 9.17) is 5.73 Å². The minimum absolute atomic E-state index is 0.478. The fourth-order valence-electron chi connectivity index (χ4n) is 1.24. The second-order valence-corrected chi connectivity index (χ2v) is 2.85. The van der Waals surface area contributed by atoms with Crippen LogP contribution >= 0.6 is 0 Å². The number of nitrogens with two attached hydrogens (primary N) is 1. The summed E-state index contributed by atoms with van der Waals surface area (Å²) in [6.07, 6.45) is 3.57. The van der Waals surface area contributed by atoms with Gasteiger partial charge in [-0.25, -0.2) is 0 Å². The van der Waals surface area contributed by atoms with Crippen molar-refractivity contribution in [1.82, 2.24) is 0 Å². The van der Waals surface area contributed by atoms with Crippen LogP contribution in [-0.4, -0.2) is 12.8 Å². The van der Waals surface area contributed by atoms with Crippen LogP contribution in [0.25, 0.3) is 0 Å². The van der Waals surface area contributed by atoms with Crippen LogP contribution in [0.3, 0.4) is 0 Å². The molecule has 0 aromatic heterocycles. The summed E-state index contributed by atoms with van der Waals surface area (Å²) in [4.78, 5) is 4.13. The van der Waals surface area contributed by atoms with Crippen molar-refractivity contribution in [2.75, 3.05) is 11.9 Å². The van der Waals surface area contributed by atoms with Gasteiger partial charge in [-0.15, -0.1) is 0 Å². The smallest absolute Gasteiger partial charge is 0.0475 e. The van der Waals surface area contributed by atoms with E-state index in [-0.39, 0.29) is 0 Å². The maximum Gasteiger partial charge on any atom is 0.0475 e. The largest absolute Gasteiger partial charge is 0.356 e. The van der Waals surface area contributed by atoms with Crippen LogP contribution in [0.2, 0.25) is 0 Å². The molecule has 1 aliphatic rings. The van der Waals surface area contributed by atoms with E-state index >= 15 is 0 Å². The molecule has 0 saturated heterocycles. The Labute approximate surface area is 77.0 Å². The maximum absolute atomic E-state index is 5.53. The maximum atomic E-state index is 5.53. The lowest BCUT2D eigenvalue weighted by molar-refractivity contribution is 1.13. The first kappa shape index (κ1) is 8.01. The van der Waals surface area contributed by atoms with Gasteiger partial charge in [0.15, 0.2) is 0 Å². The summed E-state index contributed by atoms with van der Waals surface area (Å²) in [5.41, 5.74) is 8.60. The van der Waals surface area contributed by atoms with Crippen LogP contribution in [0, 0.1) is 0 Å². The Hall–Kier alpha value is -1.61. The number of para-hydroxylation sites is 1. The van der Waals surface area contributed by atoms with Gasteiger partial charge in [-0.05, 0) is 6.07 Å². The quantitative estimate of drug-likeness (QED) is 0.673. The highest BCUT2D eigenvalue weighted by Gasteiger charge is 2.03. The first-order chi connectivity index (χ1) is 6.40. The molecule has 2 rings (SSSR count). The lowest BCUT2D eigenvalue weighted by Crippen LogP contribution is -2.11. The van der Waals surface area contributed by atoms with E-state index in [9.17, 15) is 0 Å². The number of anilines is 1. The van der Waals surface area contributed by atoms with Crippen molar-refractivity contribution in [3.05, 3.63) is 41.7 Å². The zero-order valence-corrected chi connectivity index (χ0v) is 7.20. The van der Waals surface area contributed by atoms with Crippen molar-refractivity contribution >= 4 is 11.9 Å². The van der Waals surface area contributed by atoms with Gasteiger partial charge in [0.25, 0.3) is 0 Å². The predicted octanol–water partition coefficient (Wildman–Crippen LogP) is 1.33. The van der Waals surface area contributed by atoms with E-state index in [0.717, 1.165) is 16.9 Å². The number of hydrogen-bond acceptors (Lipinski definition) is 3. The topological polar surface area (TPSA) is 50.4 Å². The van der Waals surface area contributed by atoms with Crippen molar-refractivity contribution in [2.24, 2.45) is 10.7 Å². The molecule has 0 atom stereocenters. The van der Waals surface area contributed by atoms with Gasteiger partial charge in [0, 0.05) is 35.9 Å². The minimum Gasteiger partial charge on any atom is -0.356 e. The fourth-order valence-corrected chi connectivity index (χ4v) is 1.24. The summed E-state index contributed by atoms with van der Waals surface area (Å²) in [5, 5.41) is 3.22. The molecule has 0 aliphatic carbocycles. The molecule has 3 heteroatoms. The molecule has 0 fully saturated rings. The summed E-state index contributed by atoms with van der Waals surface area (Å²) >= 11 is 0. The highest BCUT2D eigenvalue weighted by molar-refractivity contribution is 5.89. The van der Waals surface area contributed by atoms with Gasteiger partial charge < -0.3 is 11.1 Å². The average molecular weight is 173 g/mol. The number of aliphatic imine (C=N–C) groups is 1. The van der Waals surface area contributed by atoms with Crippen molar-refractivity contribution in [3.8, 4) is 0 Å². The summed E-state index contributed by atoms with van der Waals surface area (Å²) in [6, 6.07) is 7.99. The van der Waals surface area contributed by atoms with Gasteiger partial charge >= 0.3 is 0 Å². The zero-order chi connectivity index (χ0) is 9.10. The normalized spacial score (nSPS) is 14.1.